The zero-order valence-corrected chi connectivity index (χ0v) is 6.95. The highest BCUT2D eigenvalue weighted by atomic mass is 16.4. The number of aliphatic hydroxyl groups is 1. The van der Waals surface area contributed by atoms with Crippen LogP contribution in [0.2, 0.25) is 0 Å². The van der Waals surface area contributed by atoms with Gasteiger partial charge in [-0.2, -0.15) is 0 Å². The van der Waals surface area contributed by atoms with E-state index in [2.05, 4.69) is 6.58 Å². The molecule has 0 aromatic carbocycles. The number of hydrogen-bond acceptors (Lipinski definition) is 2. The third-order valence-corrected chi connectivity index (χ3v) is 0.744. The van der Waals surface area contributed by atoms with Crippen molar-refractivity contribution in [3.8, 4) is 0 Å². The van der Waals surface area contributed by atoms with E-state index in [1.807, 2.05) is 6.92 Å². The lowest BCUT2D eigenvalue weighted by Crippen LogP contribution is -2.18. The van der Waals surface area contributed by atoms with Crippen molar-refractivity contribution >= 4 is 5.97 Å². The standard InChI is InChI=1S/C5H9O3.C3H6/c1-2-3-4(6)5(7)8;1-3-2/h2,4,6H,3H2,1H3,(H,7,8);3H,1H2,2H3. The number of aliphatic hydroxyl groups excluding tert-OH is 1. The number of hydrogen-bond donors (Lipinski definition) is 2. The Balaban J connectivity index is 0. The summed E-state index contributed by atoms with van der Waals surface area (Å²) < 4.78 is 0. The molecule has 0 bridgehead atoms. The van der Waals surface area contributed by atoms with Crippen LogP contribution in [0, 0.1) is 6.42 Å². The van der Waals surface area contributed by atoms with Crippen LogP contribution in [0.15, 0.2) is 12.7 Å². The van der Waals surface area contributed by atoms with Gasteiger partial charge in [0.15, 0.2) is 6.10 Å². The zero-order valence-electron chi connectivity index (χ0n) is 6.95. The van der Waals surface area contributed by atoms with E-state index in [0.717, 1.165) is 0 Å². The first-order valence-corrected chi connectivity index (χ1v) is 3.35. The topological polar surface area (TPSA) is 57.5 Å². The van der Waals surface area contributed by atoms with Gasteiger partial charge in [-0.1, -0.05) is 13.0 Å². The molecule has 0 aliphatic carbocycles. The number of carboxylic acids is 1. The van der Waals surface area contributed by atoms with Gasteiger partial charge in [-0.15, -0.1) is 6.58 Å². The Bertz CT molecular complexity index is 110. The van der Waals surface area contributed by atoms with E-state index < -0.39 is 12.1 Å². The molecule has 0 saturated carbocycles. The maximum atomic E-state index is 9.82. The minimum Gasteiger partial charge on any atom is -0.479 e. The summed E-state index contributed by atoms with van der Waals surface area (Å²) in [5.41, 5.74) is 0. The van der Waals surface area contributed by atoms with Crippen molar-refractivity contribution in [3.05, 3.63) is 19.1 Å². The Morgan fingerprint density at radius 3 is 2.09 bits per heavy atom. The minimum absolute atomic E-state index is 0.218. The molecule has 3 heteroatoms. The van der Waals surface area contributed by atoms with Crippen molar-refractivity contribution in [2.45, 2.75) is 26.4 Å². The molecular weight excluding hydrogens is 144 g/mol. The largest absolute Gasteiger partial charge is 0.479 e. The SMILES string of the molecule is C=CC.C[CH]CC(O)C(=O)O. The van der Waals surface area contributed by atoms with Gasteiger partial charge in [0.2, 0.25) is 0 Å². The molecule has 11 heavy (non-hydrogen) atoms. The van der Waals surface area contributed by atoms with Crippen LogP contribution in [0.5, 0.6) is 0 Å². The first kappa shape index (κ1) is 12.8. The van der Waals surface area contributed by atoms with Gasteiger partial charge < -0.3 is 10.2 Å². The third kappa shape index (κ3) is 12.4. The second kappa shape index (κ2) is 9.17. The van der Waals surface area contributed by atoms with Crippen LogP contribution in [-0.4, -0.2) is 22.3 Å². The molecule has 1 unspecified atom stereocenters. The van der Waals surface area contributed by atoms with E-state index in [9.17, 15) is 4.79 Å². The quantitative estimate of drug-likeness (QED) is 0.609. The van der Waals surface area contributed by atoms with Crippen LogP contribution in [0.25, 0.3) is 0 Å². The van der Waals surface area contributed by atoms with Gasteiger partial charge in [-0.25, -0.2) is 4.79 Å². The lowest BCUT2D eigenvalue weighted by atomic mass is 10.2. The first-order chi connectivity index (χ1) is 5.09. The summed E-state index contributed by atoms with van der Waals surface area (Å²) in [5.74, 6) is -1.16. The summed E-state index contributed by atoms with van der Waals surface area (Å²) in [4.78, 5) is 9.82. The monoisotopic (exact) mass is 159 g/mol. The summed E-state index contributed by atoms with van der Waals surface area (Å²) in [5, 5.41) is 16.5. The molecule has 1 atom stereocenters. The fourth-order valence-electron chi connectivity index (χ4n) is 0.324. The zero-order chi connectivity index (χ0) is 9.28. The normalized spacial score (nSPS) is 10.8. The summed E-state index contributed by atoms with van der Waals surface area (Å²) in [6, 6.07) is 0. The average molecular weight is 159 g/mol. The fraction of sp³-hybridized carbons (Fsp3) is 0.500. The van der Waals surface area contributed by atoms with Gasteiger partial charge >= 0.3 is 5.97 Å². The average Bonchev–Trinajstić information content (AvgIpc) is 1.90. The molecule has 0 spiro atoms. The van der Waals surface area contributed by atoms with Gasteiger partial charge in [0, 0.05) is 0 Å². The van der Waals surface area contributed by atoms with E-state index in [4.69, 9.17) is 10.2 Å². The smallest absolute Gasteiger partial charge is 0.332 e. The number of carboxylic acid groups (broad SMARTS) is 1. The highest BCUT2D eigenvalue weighted by molar-refractivity contribution is 5.71. The molecule has 2 N–H and O–H groups in total. The molecule has 0 rings (SSSR count). The second-order valence-corrected chi connectivity index (χ2v) is 1.91. The summed E-state index contributed by atoms with van der Waals surface area (Å²) >= 11 is 0. The maximum absolute atomic E-state index is 9.82. The second-order valence-electron chi connectivity index (χ2n) is 1.91. The van der Waals surface area contributed by atoms with E-state index in [0.29, 0.717) is 0 Å². The van der Waals surface area contributed by atoms with Crippen LogP contribution in [0.3, 0.4) is 0 Å². The Hall–Kier alpha value is -0.830. The molecule has 0 amide bonds. The number of allylic oxidation sites excluding steroid dienone is 1. The molecule has 65 valence electrons. The third-order valence-electron chi connectivity index (χ3n) is 0.744. The predicted octanol–water partition coefficient (Wildman–Crippen LogP) is 1.24. The lowest BCUT2D eigenvalue weighted by Gasteiger charge is -1.99. The van der Waals surface area contributed by atoms with Crippen LogP contribution in [-0.2, 0) is 4.79 Å². The molecule has 0 heterocycles. The number of rotatable bonds is 3. The van der Waals surface area contributed by atoms with Crippen molar-refractivity contribution in [3.63, 3.8) is 0 Å². The molecule has 3 nitrogen and oxygen atoms in total. The predicted molar refractivity (Wildman–Crippen MR) is 44.1 cm³/mol. The molecule has 0 saturated heterocycles. The molecule has 0 aromatic heterocycles. The Morgan fingerprint density at radius 2 is 2.00 bits per heavy atom. The van der Waals surface area contributed by atoms with Crippen LogP contribution in [0.4, 0.5) is 0 Å². The van der Waals surface area contributed by atoms with Crippen LogP contribution in [0.1, 0.15) is 20.3 Å². The maximum Gasteiger partial charge on any atom is 0.332 e. The lowest BCUT2D eigenvalue weighted by molar-refractivity contribution is -0.146. The molecule has 0 aliphatic rings. The van der Waals surface area contributed by atoms with E-state index >= 15 is 0 Å². The highest BCUT2D eigenvalue weighted by Crippen LogP contribution is 1.92. The summed E-state index contributed by atoms with van der Waals surface area (Å²) in [7, 11) is 0. The van der Waals surface area contributed by atoms with E-state index in [1.54, 1.807) is 19.4 Å². The van der Waals surface area contributed by atoms with Gasteiger partial charge in [0.05, 0.1) is 0 Å². The van der Waals surface area contributed by atoms with Gasteiger partial charge in [0.25, 0.3) is 0 Å². The molecule has 1 radical (unpaired) electrons. The molecule has 0 aliphatic heterocycles. The molecule has 0 aromatic rings. The number of aliphatic carboxylic acids is 1. The Kier molecular flexibility index (Phi) is 10.7. The fourth-order valence-corrected chi connectivity index (χ4v) is 0.324. The van der Waals surface area contributed by atoms with Crippen LogP contribution >= 0.6 is 0 Å². The van der Waals surface area contributed by atoms with Crippen molar-refractivity contribution in [1.82, 2.24) is 0 Å². The Morgan fingerprint density at radius 1 is 1.64 bits per heavy atom. The van der Waals surface area contributed by atoms with Crippen molar-refractivity contribution in [1.29, 1.82) is 0 Å². The minimum atomic E-state index is -1.22. The van der Waals surface area contributed by atoms with Gasteiger partial charge in [0.1, 0.15) is 0 Å². The van der Waals surface area contributed by atoms with Gasteiger partial charge in [-0.05, 0) is 19.8 Å². The molecular formula is C8H15O3. The Labute approximate surface area is 67.4 Å². The first-order valence-electron chi connectivity index (χ1n) is 3.35. The van der Waals surface area contributed by atoms with E-state index in [-0.39, 0.29) is 6.42 Å². The number of carbonyl (C=O) groups is 1. The molecule has 0 fully saturated rings. The van der Waals surface area contributed by atoms with E-state index in [1.165, 1.54) is 0 Å². The van der Waals surface area contributed by atoms with Crippen LogP contribution < -0.4 is 0 Å². The van der Waals surface area contributed by atoms with Crippen molar-refractivity contribution in [2.75, 3.05) is 0 Å². The van der Waals surface area contributed by atoms with Crippen molar-refractivity contribution < 1.29 is 15.0 Å². The summed E-state index contributed by atoms with van der Waals surface area (Å²) in [6.45, 7) is 6.95. The summed E-state index contributed by atoms with van der Waals surface area (Å²) in [6.07, 6.45) is 2.36. The highest BCUT2D eigenvalue weighted by Gasteiger charge is 2.09. The van der Waals surface area contributed by atoms with Crippen molar-refractivity contribution in [2.24, 2.45) is 0 Å². The van der Waals surface area contributed by atoms with Gasteiger partial charge in [-0.3, -0.25) is 0 Å².